The predicted octanol–water partition coefficient (Wildman–Crippen LogP) is 2.60. The maximum absolute atomic E-state index is 13.0. The second-order valence-electron chi connectivity index (χ2n) is 8.73. The number of carbonyl (C=O) groups is 3. The van der Waals surface area contributed by atoms with Crippen molar-refractivity contribution < 1.29 is 14.4 Å². The van der Waals surface area contributed by atoms with Crippen LogP contribution in [0.3, 0.4) is 0 Å². The van der Waals surface area contributed by atoms with Gasteiger partial charge in [0.05, 0.1) is 5.92 Å². The Labute approximate surface area is 172 Å². The highest BCUT2D eigenvalue weighted by atomic mass is 16.2. The summed E-state index contributed by atoms with van der Waals surface area (Å²) in [7, 11) is 0. The Kier molecular flexibility index (Phi) is 5.88. The van der Waals surface area contributed by atoms with Crippen LogP contribution in [0.5, 0.6) is 0 Å². The third-order valence-electron chi connectivity index (χ3n) is 6.64. The van der Waals surface area contributed by atoms with Crippen molar-refractivity contribution in [2.24, 2.45) is 11.8 Å². The molecule has 0 bridgehead atoms. The molecule has 0 aromatic heterocycles. The van der Waals surface area contributed by atoms with Crippen LogP contribution in [0, 0.1) is 18.8 Å². The number of benzene rings is 1. The van der Waals surface area contributed by atoms with E-state index in [1.807, 2.05) is 41.0 Å². The molecule has 3 amide bonds. The van der Waals surface area contributed by atoms with Crippen molar-refractivity contribution in [3.63, 3.8) is 0 Å². The molecule has 6 heteroatoms. The molecule has 1 aromatic carbocycles. The summed E-state index contributed by atoms with van der Waals surface area (Å²) in [5.41, 5.74) is 2.01. The van der Waals surface area contributed by atoms with Gasteiger partial charge in [-0.2, -0.15) is 0 Å². The van der Waals surface area contributed by atoms with Gasteiger partial charge >= 0.3 is 0 Å². The molecule has 4 rings (SSSR count). The molecule has 0 spiro atoms. The van der Waals surface area contributed by atoms with E-state index in [0.717, 1.165) is 50.0 Å². The van der Waals surface area contributed by atoms with E-state index in [2.05, 4.69) is 0 Å². The highest BCUT2D eigenvalue weighted by Gasteiger charge is 2.39. The summed E-state index contributed by atoms with van der Waals surface area (Å²) >= 11 is 0. The molecule has 156 valence electrons. The summed E-state index contributed by atoms with van der Waals surface area (Å²) in [6.45, 7) is 5.49. The molecule has 3 aliphatic rings. The third kappa shape index (κ3) is 4.31. The molecule has 3 fully saturated rings. The monoisotopic (exact) mass is 397 g/mol. The molecule has 3 saturated heterocycles. The molecule has 0 N–H and O–H groups in total. The van der Waals surface area contributed by atoms with E-state index in [4.69, 9.17) is 0 Å². The maximum atomic E-state index is 13.0. The van der Waals surface area contributed by atoms with Gasteiger partial charge in [0.2, 0.25) is 17.7 Å². The van der Waals surface area contributed by atoms with E-state index in [1.54, 1.807) is 4.90 Å². The van der Waals surface area contributed by atoms with Crippen molar-refractivity contribution in [2.75, 3.05) is 37.6 Å². The standard InChI is InChI=1S/C23H31N3O3/c1-17-5-7-20(8-6-17)26-16-19(15-21(26)27)23(29)25-13-9-18(10-14-25)22(28)24-11-3-2-4-12-24/h5-8,18-19H,2-4,9-16H2,1H3/t19-/m1/s1. The molecule has 3 heterocycles. The highest BCUT2D eigenvalue weighted by Crippen LogP contribution is 2.29. The van der Waals surface area contributed by atoms with E-state index in [9.17, 15) is 14.4 Å². The van der Waals surface area contributed by atoms with Crippen LogP contribution >= 0.6 is 0 Å². The smallest absolute Gasteiger partial charge is 0.228 e. The minimum absolute atomic E-state index is 0.0161. The minimum Gasteiger partial charge on any atom is -0.342 e. The Hall–Kier alpha value is -2.37. The second kappa shape index (κ2) is 8.56. The number of likely N-dealkylation sites (tertiary alicyclic amines) is 2. The van der Waals surface area contributed by atoms with Crippen molar-refractivity contribution in [3.05, 3.63) is 29.8 Å². The number of rotatable bonds is 3. The van der Waals surface area contributed by atoms with Crippen LogP contribution in [0.15, 0.2) is 24.3 Å². The van der Waals surface area contributed by atoms with E-state index >= 15 is 0 Å². The molecule has 6 nitrogen and oxygen atoms in total. The molecule has 0 radical (unpaired) electrons. The fourth-order valence-corrected chi connectivity index (χ4v) is 4.82. The average Bonchev–Trinajstić information content (AvgIpc) is 3.15. The van der Waals surface area contributed by atoms with Gasteiger partial charge < -0.3 is 14.7 Å². The first-order chi connectivity index (χ1) is 14.0. The largest absolute Gasteiger partial charge is 0.342 e. The van der Waals surface area contributed by atoms with Crippen LogP contribution in [-0.4, -0.2) is 60.2 Å². The van der Waals surface area contributed by atoms with Gasteiger partial charge in [0.1, 0.15) is 0 Å². The van der Waals surface area contributed by atoms with Crippen LogP contribution in [0.2, 0.25) is 0 Å². The Balaban J connectivity index is 1.31. The first-order valence-electron chi connectivity index (χ1n) is 11.0. The average molecular weight is 398 g/mol. The molecular weight excluding hydrogens is 366 g/mol. The number of nitrogens with zero attached hydrogens (tertiary/aromatic N) is 3. The van der Waals surface area contributed by atoms with Crippen molar-refractivity contribution in [1.29, 1.82) is 0 Å². The van der Waals surface area contributed by atoms with Gasteiger partial charge in [-0.05, 0) is 51.2 Å². The van der Waals surface area contributed by atoms with Gasteiger partial charge in [-0.1, -0.05) is 17.7 Å². The molecule has 0 aliphatic carbocycles. The van der Waals surface area contributed by atoms with Gasteiger partial charge in [0, 0.05) is 50.7 Å². The Bertz CT molecular complexity index is 762. The Morgan fingerprint density at radius 3 is 2.07 bits per heavy atom. The molecule has 1 aromatic rings. The van der Waals surface area contributed by atoms with Crippen molar-refractivity contribution in [3.8, 4) is 0 Å². The van der Waals surface area contributed by atoms with E-state index < -0.39 is 0 Å². The van der Waals surface area contributed by atoms with E-state index in [-0.39, 0.29) is 36.0 Å². The number of carbonyl (C=O) groups excluding carboxylic acids is 3. The summed E-state index contributed by atoms with van der Waals surface area (Å²) in [4.78, 5) is 43.8. The summed E-state index contributed by atoms with van der Waals surface area (Å²) in [5, 5.41) is 0. The first kappa shape index (κ1) is 19.9. The van der Waals surface area contributed by atoms with Crippen LogP contribution in [0.1, 0.15) is 44.1 Å². The zero-order chi connectivity index (χ0) is 20.4. The SMILES string of the molecule is Cc1ccc(N2C[C@H](C(=O)N3CCC(C(=O)N4CCCCC4)CC3)CC2=O)cc1. The minimum atomic E-state index is -0.279. The van der Waals surface area contributed by atoms with E-state index in [1.165, 1.54) is 6.42 Å². The first-order valence-corrected chi connectivity index (χ1v) is 11.0. The molecule has 29 heavy (non-hydrogen) atoms. The maximum Gasteiger partial charge on any atom is 0.228 e. The van der Waals surface area contributed by atoms with Crippen molar-refractivity contribution >= 4 is 23.4 Å². The lowest BCUT2D eigenvalue weighted by Crippen LogP contribution is -2.47. The lowest BCUT2D eigenvalue weighted by molar-refractivity contribution is -0.143. The summed E-state index contributed by atoms with van der Waals surface area (Å²) in [5.74, 6) is 0.127. The van der Waals surface area contributed by atoms with Crippen LogP contribution in [0.4, 0.5) is 5.69 Å². The van der Waals surface area contributed by atoms with E-state index in [0.29, 0.717) is 19.6 Å². The topological polar surface area (TPSA) is 60.9 Å². The Morgan fingerprint density at radius 1 is 0.828 bits per heavy atom. The van der Waals surface area contributed by atoms with Crippen LogP contribution in [-0.2, 0) is 14.4 Å². The summed E-state index contributed by atoms with van der Waals surface area (Å²) < 4.78 is 0. The van der Waals surface area contributed by atoms with Gasteiger partial charge in [-0.15, -0.1) is 0 Å². The fraction of sp³-hybridized carbons (Fsp3) is 0.609. The zero-order valence-electron chi connectivity index (χ0n) is 17.3. The van der Waals surface area contributed by atoms with Crippen LogP contribution < -0.4 is 4.90 Å². The number of anilines is 1. The lowest BCUT2D eigenvalue weighted by atomic mass is 9.93. The number of piperidine rings is 2. The lowest BCUT2D eigenvalue weighted by Gasteiger charge is -2.36. The normalized spacial score (nSPS) is 23.6. The van der Waals surface area contributed by atoms with Gasteiger partial charge in [-0.3, -0.25) is 14.4 Å². The predicted molar refractivity (Wildman–Crippen MR) is 111 cm³/mol. The second-order valence-corrected chi connectivity index (χ2v) is 8.73. The molecular formula is C23H31N3O3. The summed E-state index contributed by atoms with van der Waals surface area (Å²) in [6.07, 6.45) is 5.19. The van der Waals surface area contributed by atoms with Crippen molar-refractivity contribution in [2.45, 2.75) is 45.4 Å². The molecule has 3 aliphatic heterocycles. The highest BCUT2D eigenvalue weighted by molar-refractivity contribution is 6.00. The van der Waals surface area contributed by atoms with Gasteiger partial charge in [0.15, 0.2) is 0 Å². The third-order valence-corrected chi connectivity index (χ3v) is 6.64. The van der Waals surface area contributed by atoms with Gasteiger partial charge in [-0.25, -0.2) is 0 Å². The van der Waals surface area contributed by atoms with Gasteiger partial charge in [0.25, 0.3) is 0 Å². The van der Waals surface area contributed by atoms with Crippen molar-refractivity contribution in [1.82, 2.24) is 9.80 Å². The number of hydrogen-bond donors (Lipinski definition) is 0. The number of aryl methyl sites for hydroxylation is 1. The molecule has 0 saturated carbocycles. The molecule has 0 unspecified atom stereocenters. The Morgan fingerprint density at radius 2 is 1.41 bits per heavy atom. The van der Waals surface area contributed by atoms with Crippen LogP contribution in [0.25, 0.3) is 0 Å². The number of hydrogen-bond acceptors (Lipinski definition) is 3. The zero-order valence-corrected chi connectivity index (χ0v) is 17.3. The quantitative estimate of drug-likeness (QED) is 0.788. The number of amides is 3. The summed E-state index contributed by atoms with van der Waals surface area (Å²) in [6, 6.07) is 7.86. The molecule has 1 atom stereocenters. The fourth-order valence-electron chi connectivity index (χ4n) is 4.82.